The first-order valence-corrected chi connectivity index (χ1v) is 7.44. The molecule has 0 aliphatic carbocycles. The van der Waals surface area contributed by atoms with E-state index in [0.717, 1.165) is 5.56 Å². The van der Waals surface area contributed by atoms with Gasteiger partial charge in [0.05, 0.1) is 13.1 Å². The van der Waals surface area contributed by atoms with E-state index >= 15 is 0 Å². The van der Waals surface area contributed by atoms with Crippen molar-refractivity contribution >= 4 is 11.9 Å². The van der Waals surface area contributed by atoms with E-state index in [1.54, 1.807) is 4.90 Å². The summed E-state index contributed by atoms with van der Waals surface area (Å²) in [7, 11) is 0. The maximum atomic E-state index is 11.8. The van der Waals surface area contributed by atoms with Gasteiger partial charge in [0.2, 0.25) is 0 Å². The summed E-state index contributed by atoms with van der Waals surface area (Å²) >= 11 is 0. The first kappa shape index (κ1) is 18.2. The second-order valence-corrected chi connectivity index (χ2v) is 6.04. The summed E-state index contributed by atoms with van der Waals surface area (Å²) in [5, 5.41) is 0. The van der Waals surface area contributed by atoms with Crippen molar-refractivity contribution < 1.29 is 19.1 Å². The molecule has 0 fully saturated rings. The highest BCUT2D eigenvalue weighted by Gasteiger charge is 2.20. The van der Waals surface area contributed by atoms with Crippen molar-refractivity contribution in [2.24, 2.45) is 0 Å². The van der Waals surface area contributed by atoms with E-state index < -0.39 is 5.60 Å². The molecule has 0 aliphatic heterocycles. The molecule has 0 amide bonds. The number of rotatable bonds is 7. The summed E-state index contributed by atoms with van der Waals surface area (Å²) in [6.07, 6.45) is 0. The Hall–Kier alpha value is -1.88. The highest BCUT2D eigenvalue weighted by atomic mass is 16.6. The lowest BCUT2D eigenvalue weighted by atomic mass is 10.2. The van der Waals surface area contributed by atoms with Crippen LogP contribution in [0.3, 0.4) is 0 Å². The molecule has 5 heteroatoms. The molecule has 122 valence electrons. The molecule has 0 heterocycles. The minimum atomic E-state index is -0.523. The Labute approximate surface area is 132 Å². The molecule has 22 heavy (non-hydrogen) atoms. The van der Waals surface area contributed by atoms with E-state index in [2.05, 4.69) is 0 Å². The molecule has 0 N–H and O–H groups in total. The number of likely N-dealkylation sites (N-methyl/N-ethyl adjacent to an activating group) is 1. The Morgan fingerprint density at radius 3 is 2.18 bits per heavy atom. The van der Waals surface area contributed by atoms with Crippen LogP contribution in [-0.4, -0.2) is 42.1 Å². The summed E-state index contributed by atoms with van der Waals surface area (Å²) in [4.78, 5) is 25.3. The van der Waals surface area contributed by atoms with E-state index in [1.165, 1.54) is 0 Å². The van der Waals surface area contributed by atoms with Crippen molar-refractivity contribution in [1.29, 1.82) is 0 Å². The fourth-order valence-corrected chi connectivity index (χ4v) is 1.80. The zero-order valence-electron chi connectivity index (χ0n) is 13.8. The van der Waals surface area contributed by atoms with Gasteiger partial charge in [-0.15, -0.1) is 0 Å². The molecule has 0 radical (unpaired) electrons. The summed E-state index contributed by atoms with van der Waals surface area (Å²) in [5.41, 5.74) is 0.413. The van der Waals surface area contributed by atoms with Crippen molar-refractivity contribution in [2.75, 3.05) is 19.6 Å². The third kappa shape index (κ3) is 7.78. The fourth-order valence-electron chi connectivity index (χ4n) is 1.80. The minimum Gasteiger partial charge on any atom is -0.460 e. The van der Waals surface area contributed by atoms with Gasteiger partial charge in [0.1, 0.15) is 12.2 Å². The summed E-state index contributed by atoms with van der Waals surface area (Å²) < 4.78 is 10.5. The first-order chi connectivity index (χ1) is 10.3. The monoisotopic (exact) mass is 307 g/mol. The lowest BCUT2D eigenvalue weighted by Crippen LogP contribution is -2.38. The lowest BCUT2D eigenvalue weighted by Gasteiger charge is -2.23. The van der Waals surface area contributed by atoms with Crippen molar-refractivity contribution in [1.82, 2.24) is 4.90 Å². The van der Waals surface area contributed by atoms with Gasteiger partial charge < -0.3 is 9.47 Å². The molecule has 0 saturated heterocycles. The number of carbonyl (C=O) groups excluding carboxylic acids is 2. The third-order valence-corrected chi connectivity index (χ3v) is 2.82. The second kappa shape index (κ2) is 8.54. The van der Waals surface area contributed by atoms with E-state index in [9.17, 15) is 9.59 Å². The molecular formula is C17H25NO4. The smallest absolute Gasteiger partial charge is 0.320 e. The lowest BCUT2D eigenvalue weighted by molar-refractivity contribution is -0.157. The van der Waals surface area contributed by atoms with E-state index in [4.69, 9.17) is 9.47 Å². The molecule has 1 aromatic rings. The molecule has 0 saturated carbocycles. The van der Waals surface area contributed by atoms with Gasteiger partial charge >= 0.3 is 11.9 Å². The van der Waals surface area contributed by atoms with Crippen LogP contribution in [0.4, 0.5) is 0 Å². The molecule has 1 aromatic carbocycles. The number of benzene rings is 1. The molecule has 0 unspecified atom stereocenters. The zero-order valence-corrected chi connectivity index (χ0v) is 13.8. The molecular weight excluding hydrogens is 282 g/mol. The average molecular weight is 307 g/mol. The first-order valence-electron chi connectivity index (χ1n) is 7.44. The Morgan fingerprint density at radius 1 is 1.05 bits per heavy atom. The molecule has 0 bridgehead atoms. The largest absolute Gasteiger partial charge is 0.460 e. The fraction of sp³-hybridized carbons (Fsp3) is 0.529. The molecule has 0 spiro atoms. The third-order valence-electron chi connectivity index (χ3n) is 2.82. The van der Waals surface area contributed by atoms with E-state index in [-0.39, 0.29) is 31.6 Å². The minimum absolute atomic E-state index is 0.0720. The topological polar surface area (TPSA) is 55.8 Å². The van der Waals surface area contributed by atoms with E-state index in [0.29, 0.717) is 6.54 Å². The summed E-state index contributed by atoms with van der Waals surface area (Å²) in [6, 6.07) is 9.48. The number of nitrogens with zero attached hydrogens (tertiary/aromatic N) is 1. The normalized spacial score (nSPS) is 11.3. The maximum Gasteiger partial charge on any atom is 0.320 e. The predicted octanol–water partition coefficient (Wildman–Crippen LogP) is 2.39. The number of hydrogen-bond donors (Lipinski definition) is 0. The predicted molar refractivity (Wildman–Crippen MR) is 84.2 cm³/mol. The Balaban J connectivity index is 2.38. The van der Waals surface area contributed by atoms with Crippen molar-refractivity contribution in [3.05, 3.63) is 35.9 Å². The Bertz CT molecular complexity index is 479. The number of hydrogen-bond acceptors (Lipinski definition) is 5. The van der Waals surface area contributed by atoms with Crippen molar-refractivity contribution in [2.45, 2.75) is 39.9 Å². The number of ether oxygens (including phenoxy) is 2. The van der Waals surface area contributed by atoms with Crippen molar-refractivity contribution in [3.63, 3.8) is 0 Å². The highest BCUT2D eigenvalue weighted by molar-refractivity contribution is 5.75. The highest BCUT2D eigenvalue weighted by Crippen LogP contribution is 2.07. The van der Waals surface area contributed by atoms with Gasteiger partial charge in [-0.1, -0.05) is 37.3 Å². The van der Waals surface area contributed by atoms with Crippen LogP contribution in [0.5, 0.6) is 0 Å². The van der Waals surface area contributed by atoms with Crippen molar-refractivity contribution in [3.8, 4) is 0 Å². The van der Waals surface area contributed by atoms with Crippen LogP contribution in [0.1, 0.15) is 33.3 Å². The second-order valence-electron chi connectivity index (χ2n) is 6.04. The van der Waals surface area contributed by atoms with Crippen LogP contribution in [0.15, 0.2) is 30.3 Å². The quantitative estimate of drug-likeness (QED) is 0.724. The summed E-state index contributed by atoms with van der Waals surface area (Å²) in [5.74, 6) is -0.695. The van der Waals surface area contributed by atoms with Gasteiger partial charge in [-0.2, -0.15) is 0 Å². The van der Waals surface area contributed by atoms with Gasteiger partial charge in [-0.05, 0) is 32.9 Å². The van der Waals surface area contributed by atoms with Gasteiger partial charge in [0, 0.05) is 0 Å². The Kier molecular flexibility index (Phi) is 7.05. The summed E-state index contributed by atoms with van der Waals surface area (Å²) in [6.45, 7) is 8.29. The van der Waals surface area contributed by atoms with Crippen LogP contribution in [-0.2, 0) is 25.7 Å². The Morgan fingerprint density at radius 2 is 1.64 bits per heavy atom. The van der Waals surface area contributed by atoms with Gasteiger partial charge in [0.15, 0.2) is 0 Å². The molecule has 1 rings (SSSR count). The molecule has 0 atom stereocenters. The number of carbonyl (C=O) groups is 2. The van der Waals surface area contributed by atoms with Gasteiger partial charge in [-0.25, -0.2) is 0 Å². The van der Waals surface area contributed by atoms with Crippen LogP contribution in [0.2, 0.25) is 0 Å². The molecule has 5 nitrogen and oxygen atoms in total. The molecule has 0 aliphatic rings. The van der Waals surface area contributed by atoms with Crippen LogP contribution in [0, 0.1) is 0 Å². The van der Waals surface area contributed by atoms with Gasteiger partial charge in [0.25, 0.3) is 0 Å². The van der Waals surface area contributed by atoms with Crippen LogP contribution >= 0.6 is 0 Å². The zero-order chi connectivity index (χ0) is 16.6. The number of esters is 2. The molecule has 0 aromatic heterocycles. The SMILES string of the molecule is CCN(CC(=O)OCc1ccccc1)CC(=O)OC(C)(C)C. The van der Waals surface area contributed by atoms with E-state index in [1.807, 2.05) is 58.0 Å². The standard InChI is InChI=1S/C17H25NO4/c1-5-18(12-16(20)22-17(2,3)4)11-15(19)21-13-14-9-7-6-8-10-14/h6-10H,5,11-13H2,1-4H3. The average Bonchev–Trinajstić information content (AvgIpc) is 2.43. The van der Waals surface area contributed by atoms with Crippen LogP contribution < -0.4 is 0 Å². The maximum absolute atomic E-state index is 11.8. The van der Waals surface area contributed by atoms with Crippen LogP contribution in [0.25, 0.3) is 0 Å². The van der Waals surface area contributed by atoms with Gasteiger partial charge in [-0.3, -0.25) is 14.5 Å².